The highest BCUT2D eigenvalue weighted by Gasteiger charge is 2.33. The molecule has 2 rings (SSSR count). The summed E-state index contributed by atoms with van der Waals surface area (Å²) in [6.45, 7) is 5.36. The summed E-state index contributed by atoms with van der Waals surface area (Å²) in [5.41, 5.74) is 0.965. The quantitative estimate of drug-likeness (QED) is 0.866. The van der Waals surface area contributed by atoms with Gasteiger partial charge in [-0.05, 0) is 30.5 Å². The van der Waals surface area contributed by atoms with E-state index in [1.165, 1.54) is 0 Å². The number of nitrogens with zero attached hydrogens (tertiary/aromatic N) is 1. The summed E-state index contributed by atoms with van der Waals surface area (Å²) in [7, 11) is 1.63. The lowest BCUT2D eigenvalue weighted by molar-refractivity contribution is 0.0740. The van der Waals surface area contributed by atoms with Crippen LogP contribution in [0.2, 0.25) is 5.02 Å². The Bertz CT molecular complexity index is 523. The molecule has 1 saturated heterocycles. The number of urea groups is 1. The van der Waals surface area contributed by atoms with Crippen molar-refractivity contribution in [2.45, 2.75) is 26.0 Å². The van der Waals surface area contributed by atoms with Crippen molar-refractivity contribution in [2.24, 2.45) is 11.8 Å². The minimum absolute atomic E-state index is 0.115. The summed E-state index contributed by atoms with van der Waals surface area (Å²) in [4.78, 5) is 14.2. The van der Waals surface area contributed by atoms with E-state index in [2.05, 4.69) is 12.2 Å². The third-order valence-corrected chi connectivity index (χ3v) is 4.80. The minimum atomic E-state index is -0.245. The van der Waals surface area contributed by atoms with E-state index in [0.29, 0.717) is 24.0 Å². The lowest BCUT2D eigenvalue weighted by Gasteiger charge is -2.27. The molecule has 0 spiro atoms. The first-order valence-electron chi connectivity index (χ1n) is 7.90. The molecule has 6 heteroatoms. The molecule has 0 aliphatic carbocycles. The molecule has 0 bridgehead atoms. The molecule has 0 saturated carbocycles. The Morgan fingerprint density at radius 2 is 2.09 bits per heavy atom. The number of halogens is 1. The van der Waals surface area contributed by atoms with Gasteiger partial charge in [-0.2, -0.15) is 0 Å². The van der Waals surface area contributed by atoms with E-state index < -0.39 is 0 Å². The Labute approximate surface area is 142 Å². The van der Waals surface area contributed by atoms with Crippen LogP contribution in [0.15, 0.2) is 24.3 Å². The molecule has 1 aromatic carbocycles. The van der Waals surface area contributed by atoms with Crippen LogP contribution >= 0.6 is 11.6 Å². The summed E-state index contributed by atoms with van der Waals surface area (Å²) >= 11 is 5.91. The normalized spacial score (nSPS) is 23.6. The van der Waals surface area contributed by atoms with Crippen molar-refractivity contribution >= 4 is 17.6 Å². The van der Waals surface area contributed by atoms with Crippen LogP contribution in [0.1, 0.15) is 25.5 Å². The Hall–Kier alpha value is -1.30. The van der Waals surface area contributed by atoms with Crippen LogP contribution in [-0.4, -0.2) is 48.9 Å². The van der Waals surface area contributed by atoms with Gasteiger partial charge in [0.2, 0.25) is 0 Å². The maximum absolute atomic E-state index is 12.4. The number of hydrogen-bond acceptors (Lipinski definition) is 3. The maximum atomic E-state index is 12.4. The second-order valence-corrected chi connectivity index (χ2v) is 6.71. The molecule has 1 aromatic rings. The van der Waals surface area contributed by atoms with Crippen LogP contribution in [0.3, 0.4) is 0 Å². The smallest absolute Gasteiger partial charge is 0.317 e. The summed E-state index contributed by atoms with van der Waals surface area (Å²) in [5.74, 6) is 0.473. The van der Waals surface area contributed by atoms with Crippen molar-refractivity contribution in [2.75, 3.05) is 26.8 Å². The molecule has 5 nitrogen and oxygen atoms in total. The van der Waals surface area contributed by atoms with Crippen molar-refractivity contribution in [1.29, 1.82) is 0 Å². The Kier molecular flexibility index (Phi) is 6.27. The van der Waals surface area contributed by atoms with Crippen LogP contribution in [-0.2, 0) is 4.74 Å². The Balaban J connectivity index is 1.98. The lowest BCUT2D eigenvalue weighted by Crippen LogP contribution is -2.45. The third-order valence-electron chi connectivity index (χ3n) is 4.55. The van der Waals surface area contributed by atoms with Crippen LogP contribution in [0.25, 0.3) is 0 Å². The first kappa shape index (κ1) is 18.0. The fourth-order valence-corrected chi connectivity index (χ4v) is 3.21. The highest BCUT2D eigenvalue weighted by Crippen LogP contribution is 2.25. The van der Waals surface area contributed by atoms with Crippen LogP contribution < -0.4 is 5.32 Å². The minimum Gasteiger partial charge on any atom is -0.396 e. The number of hydrogen-bond donors (Lipinski definition) is 2. The Morgan fingerprint density at radius 3 is 2.61 bits per heavy atom. The fraction of sp³-hybridized carbons (Fsp3) is 0.588. The van der Waals surface area contributed by atoms with Crippen molar-refractivity contribution in [1.82, 2.24) is 10.2 Å². The van der Waals surface area contributed by atoms with Crippen molar-refractivity contribution in [3.05, 3.63) is 34.9 Å². The van der Waals surface area contributed by atoms with Crippen molar-refractivity contribution < 1.29 is 14.6 Å². The summed E-state index contributed by atoms with van der Waals surface area (Å²) < 4.78 is 5.55. The predicted octanol–water partition coefficient (Wildman–Crippen LogP) is 2.69. The van der Waals surface area contributed by atoms with Gasteiger partial charge >= 0.3 is 6.03 Å². The van der Waals surface area contributed by atoms with Gasteiger partial charge in [0.25, 0.3) is 0 Å². The molecule has 0 aromatic heterocycles. The van der Waals surface area contributed by atoms with Gasteiger partial charge in [-0.1, -0.05) is 30.7 Å². The van der Waals surface area contributed by atoms with Crippen molar-refractivity contribution in [3.63, 3.8) is 0 Å². The average molecular weight is 341 g/mol. The van der Waals surface area contributed by atoms with Gasteiger partial charge in [0.05, 0.1) is 6.04 Å². The molecule has 0 radical (unpaired) electrons. The van der Waals surface area contributed by atoms with E-state index in [9.17, 15) is 9.90 Å². The number of carbonyl (C=O) groups excluding carboxylic acids is 1. The highest BCUT2D eigenvalue weighted by atomic mass is 35.5. The van der Waals surface area contributed by atoms with Gasteiger partial charge in [0.15, 0.2) is 0 Å². The van der Waals surface area contributed by atoms with Crippen LogP contribution in [0, 0.1) is 11.8 Å². The van der Waals surface area contributed by atoms with Crippen molar-refractivity contribution in [3.8, 4) is 0 Å². The number of aliphatic hydroxyl groups is 1. The molecule has 1 fully saturated rings. The van der Waals surface area contributed by atoms with E-state index in [4.69, 9.17) is 16.3 Å². The van der Waals surface area contributed by atoms with E-state index in [-0.39, 0.29) is 30.7 Å². The summed E-state index contributed by atoms with van der Waals surface area (Å²) in [6.07, 6.45) is -0.245. The SMILES string of the molecule is COC(c1ccc(Cl)cc1)C(C)NC(=O)N1C[C@@H](CO)[C@H](C)C1. The van der Waals surface area contributed by atoms with Crippen LogP contribution in [0.4, 0.5) is 4.79 Å². The molecular formula is C17H25ClN2O3. The van der Waals surface area contributed by atoms with Crippen LogP contribution in [0.5, 0.6) is 0 Å². The predicted molar refractivity (Wildman–Crippen MR) is 90.5 cm³/mol. The highest BCUT2D eigenvalue weighted by molar-refractivity contribution is 6.30. The van der Waals surface area contributed by atoms with Gasteiger partial charge < -0.3 is 20.1 Å². The van der Waals surface area contributed by atoms with Gasteiger partial charge in [-0.25, -0.2) is 4.79 Å². The fourth-order valence-electron chi connectivity index (χ4n) is 3.08. The molecule has 2 amide bonds. The molecule has 4 atom stereocenters. The van der Waals surface area contributed by atoms with Gasteiger partial charge in [-0.3, -0.25) is 0 Å². The first-order valence-corrected chi connectivity index (χ1v) is 8.28. The number of nitrogens with one attached hydrogen (secondary N) is 1. The molecular weight excluding hydrogens is 316 g/mol. The molecule has 1 heterocycles. The second kappa shape index (κ2) is 7.99. The van der Waals surface area contributed by atoms with E-state index in [1.54, 1.807) is 12.0 Å². The molecule has 128 valence electrons. The standard InChI is InChI=1S/C17H25ClN2O3/c1-11-8-20(9-14(11)10-21)17(22)19-12(2)16(23-3)13-4-6-15(18)7-5-13/h4-7,11-12,14,16,21H,8-10H2,1-3H3,(H,19,22)/t11-,12?,14+,16?/m1/s1. The topological polar surface area (TPSA) is 61.8 Å². The van der Waals surface area contributed by atoms with Gasteiger partial charge in [0, 0.05) is 37.7 Å². The number of carbonyl (C=O) groups is 1. The number of aliphatic hydroxyl groups excluding tert-OH is 1. The number of rotatable bonds is 5. The monoisotopic (exact) mass is 340 g/mol. The largest absolute Gasteiger partial charge is 0.396 e. The molecule has 1 aliphatic heterocycles. The summed E-state index contributed by atoms with van der Waals surface area (Å²) in [6, 6.07) is 7.13. The number of amides is 2. The van der Waals surface area contributed by atoms with Gasteiger partial charge in [0.1, 0.15) is 6.10 Å². The molecule has 2 N–H and O–H groups in total. The van der Waals surface area contributed by atoms with Gasteiger partial charge in [-0.15, -0.1) is 0 Å². The zero-order chi connectivity index (χ0) is 17.0. The molecule has 23 heavy (non-hydrogen) atoms. The molecule has 1 aliphatic rings. The van der Waals surface area contributed by atoms with E-state index >= 15 is 0 Å². The summed E-state index contributed by atoms with van der Waals surface area (Å²) in [5, 5.41) is 13.0. The maximum Gasteiger partial charge on any atom is 0.317 e. The number of benzene rings is 1. The third kappa shape index (κ3) is 4.37. The zero-order valence-corrected chi connectivity index (χ0v) is 14.6. The number of ether oxygens (including phenoxy) is 1. The Morgan fingerprint density at radius 1 is 1.43 bits per heavy atom. The second-order valence-electron chi connectivity index (χ2n) is 6.27. The molecule has 2 unspecified atom stereocenters. The lowest BCUT2D eigenvalue weighted by atomic mass is 10.00. The number of methoxy groups -OCH3 is 1. The van der Waals surface area contributed by atoms with E-state index in [0.717, 1.165) is 5.56 Å². The zero-order valence-electron chi connectivity index (χ0n) is 13.8. The average Bonchev–Trinajstić information content (AvgIpc) is 2.91. The first-order chi connectivity index (χ1) is 11.0. The van der Waals surface area contributed by atoms with E-state index in [1.807, 2.05) is 31.2 Å². The number of likely N-dealkylation sites (tertiary alicyclic amines) is 1.